The van der Waals surface area contributed by atoms with Gasteiger partial charge >= 0.3 is 0 Å². The zero-order valence-electron chi connectivity index (χ0n) is 40.1. The van der Waals surface area contributed by atoms with Crippen LogP contribution in [0.15, 0.2) is 83.0 Å². The first-order valence-electron chi connectivity index (χ1n) is 24.7. The molecule has 4 fully saturated rings. The van der Waals surface area contributed by atoms with Gasteiger partial charge in [0.05, 0.1) is 43.1 Å². The number of fused-ring (bicyclic) bond motifs is 2. The first-order chi connectivity index (χ1) is 33.5. The number of pyridine rings is 1. The SMILES string of the molecule is COCCOc1nc2[nH]ccc2cc1Oc1cc(N2CCC3(CC2)CC(N2CCOC[C@H]2c2ccccc2C(C)C)C3)ccc1C(=O)NSc1cc(N=O)c2c(c1)OC[C@H](C1CCC(C)(O)CC1)N2. The number of nitrogens with zero attached hydrogens (tertiary/aromatic N) is 4. The van der Waals surface area contributed by atoms with Gasteiger partial charge in [0.25, 0.3) is 11.8 Å². The Morgan fingerprint density at radius 2 is 1.81 bits per heavy atom. The van der Waals surface area contributed by atoms with E-state index < -0.39 is 5.60 Å². The minimum Gasteiger partial charge on any atom is -0.489 e. The van der Waals surface area contributed by atoms with Crippen LogP contribution in [0, 0.1) is 16.2 Å². The number of aromatic nitrogens is 2. The largest absolute Gasteiger partial charge is 0.489 e. The summed E-state index contributed by atoms with van der Waals surface area (Å²) in [5, 5.41) is 18.2. The Hall–Kier alpha value is -5.39. The number of morpholine rings is 1. The Morgan fingerprint density at radius 3 is 2.59 bits per heavy atom. The van der Waals surface area contributed by atoms with Crippen LogP contribution in [0.5, 0.6) is 23.1 Å². The summed E-state index contributed by atoms with van der Waals surface area (Å²) in [7, 11) is 1.61. The van der Waals surface area contributed by atoms with Crippen LogP contribution in [0.1, 0.15) is 106 Å². The van der Waals surface area contributed by atoms with Crippen LogP contribution in [0.4, 0.5) is 17.1 Å². The van der Waals surface area contributed by atoms with Gasteiger partial charge in [-0.3, -0.25) is 14.4 Å². The van der Waals surface area contributed by atoms with Crippen LogP contribution < -0.4 is 29.1 Å². The molecule has 69 heavy (non-hydrogen) atoms. The highest BCUT2D eigenvalue weighted by molar-refractivity contribution is 7.98. The molecule has 5 aromatic rings. The quantitative estimate of drug-likeness (QED) is 0.0444. The van der Waals surface area contributed by atoms with Crippen molar-refractivity contribution in [1.29, 1.82) is 0 Å². The molecule has 1 spiro atoms. The normalized spacial score (nSPS) is 23.7. The molecule has 2 saturated carbocycles. The van der Waals surface area contributed by atoms with E-state index in [0.29, 0.717) is 75.5 Å². The van der Waals surface area contributed by atoms with Crippen molar-refractivity contribution < 1.29 is 33.6 Å². The summed E-state index contributed by atoms with van der Waals surface area (Å²) in [5.41, 5.74) is 5.17. The molecule has 2 aliphatic carbocycles. The molecule has 2 saturated heterocycles. The lowest BCUT2D eigenvalue weighted by Gasteiger charge is -2.57. The fraction of sp³-hybridized carbons (Fsp3) is 0.509. The summed E-state index contributed by atoms with van der Waals surface area (Å²) < 4.78 is 33.3. The minimum absolute atomic E-state index is 0.00334. The van der Waals surface area contributed by atoms with Gasteiger partial charge in [-0.2, -0.15) is 4.98 Å². The smallest absolute Gasteiger partial charge is 0.265 e. The van der Waals surface area contributed by atoms with Crippen molar-refractivity contribution >= 4 is 46.0 Å². The molecule has 5 heterocycles. The average molecular weight is 960 g/mol. The van der Waals surface area contributed by atoms with E-state index >= 15 is 0 Å². The fourth-order valence-corrected chi connectivity index (χ4v) is 12.0. The highest BCUT2D eigenvalue weighted by Gasteiger charge is 2.50. The average Bonchev–Trinajstić information content (AvgIpc) is 3.82. The second kappa shape index (κ2) is 20.1. The van der Waals surface area contributed by atoms with Gasteiger partial charge in [0, 0.05) is 61.0 Å². The number of anilines is 2. The monoisotopic (exact) mass is 959 g/mol. The van der Waals surface area contributed by atoms with Gasteiger partial charge < -0.3 is 44.0 Å². The van der Waals surface area contributed by atoms with Crippen molar-refractivity contribution in [3.8, 4) is 23.1 Å². The maximum absolute atomic E-state index is 14.3. The lowest BCUT2D eigenvalue weighted by atomic mass is 9.59. The number of aliphatic hydroxyl groups is 1. The standard InChI is InChI=1S/C53H65N7O8S/c1-33(2)39-7-5-6-8-40(39)44-32-65-22-21-60(44)37-29-53(30-37)16-19-59(20-17-53)36-9-10-41(45(26-36)68-47-25-35-13-18-54-49(35)56-51(47)66-24-23-64-4)50(61)58-69-38-27-42(57-63)48-46(28-38)67-31-43(55-48)34-11-14-52(3,62)15-12-34/h5-10,13,18,25-28,33-34,37,43-44,55,62H,11-12,14-17,19-24,29-32H2,1-4H3,(H,54,56)(H,58,61)/t34?,43-,44+,52?/m1/s1. The molecule has 2 atom stereocenters. The summed E-state index contributed by atoms with van der Waals surface area (Å²) in [5.74, 6) is 1.87. The lowest BCUT2D eigenvalue weighted by Crippen LogP contribution is -2.58. The number of methoxy groups -OCH3 is 1. The number of ether oxygens (including phenoxy) is 5. The molecule has 3 aromatic carbocycles. The number of rotatable bonds is 15. The summed E-state index contributed by atoms with van der Waals surface area (Å²) in [4.78, 5) is 40.1. The highest BCUT2D eigenvalue weighted by Crippen LogP contribution is 2.53. The van der Waals surface area contributed by atoms with Gasteiger partial charge in [0.1, 0.15) is 41.7 Å². The van der Waals surface area contributed by atoms with Gasteiger partial charge in [-0.05, 0) is 140 Å². The van der Waals surface area contributed by atoms with E-state index in [0.717, 1.165) is 94.4 Å². The van der Waals surface area contributed by atoms with Crippen molar-refractivity contribution in [2.75, 3.05) is 70.0 Å². The number of aromatic amines is 1. The first kappa shape index (κ1) is 47.3. The number of hydrogen-bond acceptors (Lipinski definition) is 14. The van der Waals surface area contributed by atoms with Crippen LogP contribution >= 0.6 is 11.9 Å². The minimum atomic E-state index is -0.644. The molecule has 10 rings (SSSR count). The Morgan fingerprint density at radius 1 is 1.00 bits per heavy atom. The maximum Gasteiger partial charge on any atom is 0.265 e. The number of benzene rings is 3. The van der Waals surface area contributed by atoms with E-state index in [9.17, 15) is 14.8 Å². The Kier molecular flexibility index (Phi) is 13.8. The van der Waals surface area contributed by atoms with E-state index in [1.165, 1.54) is 24.0 Å². The van der Waals surface area contributed by atoms with Gasteiger partial charge in [0.15, 0.2) is 5.75 Å². The van der Waals surface area contributed by atoms with Gasteiger partial charge in [-0.15, -0.1) is 4.91 Å². The number of carbonyl (C=O) groups excluding carboxylic acids is 1. The number of H-pyrrole nitrogens is 1. The zero-order chi connectivity index (χ0) is 47.7. The van der Waals surface area contributed by atoms with Crippen molar-refractivity contribution in [2.24, 2.45) is 16.5 Å². The van der Waals surface area contributed by atoms with Crippen molar-refractivity contribution in [1.82, 2.24) is 19.6 Å². The molecule has 0 unspecified atom stereocenters. The van der Waals surface area contributed by atoms with Crippen LogP contribution in [0.3, 0.4) is 0 Å². The third-order valence-electron chi connectivity index (χ3n) is 15.4. The molecule has 0 bridgehead atoms. The molecule has 4 N–H and O–H groups in total. The van der Waals surface area contributed by atoms with Gasteiger partial charge in [0.2, 0.25) is 0 Å². The van der Waals surface area contributed by atoms with Gasteiger partial charge in [-0.1, -0.05) is 38.1 Å². The number of amides is 1. The highest BCUT2D eigenvalue weighted by atomic mass is 32.2. The van der Waals surface area contributed by atoms with E-state index in [1.54, 1.807) is 13.2 Å². The molecular weight excluding hydrogens is 895 g/mol. The van der Waals surface area contributed by atoms with Crippen LogP contribution in [0.2, 0.25) is 0 Å². The second-order valence-corrected chi connectivity index (χ2v) is 21.2. The zero-order valence-corrected chi connectivity index (χ0v) is 40.9. The predicted octanol–water partition coefficient (Wildman–Crippen LogP) is 10.3. The Balaban J connectivity index is 0.854. The van der Waals surface area contributed by atoms with Crippen LogP contribution in [-0.2, 0) is 9.47 Å². The second-order valence-electron chi connectivity index (χ2n) is 20.3. The van der Waals surface area contributed by atoms with Crippen molar-refractivity contribution in [2.45, 2.75) is 107 Å². The molecule has 16 heteroatoms. The summed E-state index contributed by atoms with van der Waals surface area (Å²) in [6.07, 6.45) is 9.54. The molecular formula is C53H65N7O8S. The van der Waals surface area contributed by atoms with Crippen LogP contribution in [0.25, 0.3) is 11.0 Å². The molecule has 2 aromatic heterocycles. The van der Waals surface area contributed by atoms with Gasteiger partial charge in [-0.25, -0.2) is 0 Å². The van der Waals surface area contributed by atoms with Crippen molar-refractivity contribution in [3.05, 3.63) is 94.5 Å². The number of nitrogens with one attached hydrogen (secondary N) is 3. The molecule has 5 aliphatic rings. The Bertz CT molecular complexity index is 2630. The summed E-state index contributed by atoms with van der Waals surface area (Å²) in [6, 6.07) is 22.7. The first-order valence-corrected chi connectivity index (χ1v) is 25.5. The third kappa shape index (κ3) is 10.1. The molecule has 0 radical (unpaired) electrons. The number of hydrogen-bond donors (Lipinski definition) is 4. The van der Waals surface area contributed by atoms with Crippen molar-refractivity contribution in [3.63, 3.8) is 0 Å². The topological polar surface area (TPSA) is 172 Å². The molecule has 366 valence electrons. The number of piperidine rings is 1. The van der Waals surface area contributed by atoms with E-state index in [2.05, 4.69) is 68.1 Å². The molecule has 1 amide bonds. The fourth-order valence-electron chi connectivity index (χ4n) is 11.4. The third-order valence-corrected chi connectivity index (χ3v) is 16.2. The summed E-state index contributed by atoms with van der Waals surface area (Å²) >= 11 is 1.08. The van der Waals surface area contributed by atoms with E-state index in [1.807, 2.05) is 49.5 Å². The Labute approximate surface area is 408 Å². The summed E-state index contributed by atoms with van der Waals surface area (Å²) in [6.45, 7) is 11.7. The maximum atomic E-state index is 14.3. The van der Waals surface area contributed by atoms with Crippen LogP contribution in [-0.4, -0.2) is 103 Å². The van der Waals surface area contributed by atoms with E-state index in [-0.39, 0.29) is 36.2 Å². The van der Waals surface area contributed by atoms with E-state index in [4.69, 9.17) is 28.7 Å². The number of nitroso groups, excluding NO2 is 1. The molecule has 15 nitrogen and oxygen atoms in total. The molecule has 3 aliphatic heterocycles. The predicted molar refractivity (Wildman–Crippen MR) is 268 cm³/mol. The number of carbonyl (C=O) groups is 1. The lowest BCUT2D eigenvalue weighted by molar-refractivity contribution is -0.0912.